The minimum atomic E-state index is -3.72. The standard InChI is InChI=1S/C25H25N4O4PS/c1-4-31-34(30,32-5-2)25-26-22-21(23(35)27-25)20(17-12-8-6-9-13-17)19-16(3)28-29(24(19)33-22)18-14-10-7-11-15-18/h6-15,20H,4-5H2,1-3H3,(H,26,27,35). The second-order valence-corrected chi connectivity index (χ2v) is 10.3. The number of aryl methyl sites for hydroxylation is 1. The molecule has 8 nitrogen and oxygen atoms in total. The highest BCUT2D eigenvalue weighted by atomic mass is 32.1. The Morgan fingerprint density at radius 1 is 1.03 bits per heavy atom. The fourth-order valence-electron chi connectivity index (χ4n) is 4.33. The number of aromatic amines is 1. The molecule has 35 heavy (non-hydrogen) atoms. The van der Waals surface area contributed by atoms with Gasteiger partial charge in [-0.25, -0.2) is 9.67 Å². The summed E-state index contributed by atoms with van der Waals surface area (Å²) in [7, 11) is -3.72. The summed E-state index contributed by atoms with van der Waals surface area (Å²) in [5, 5.41) is 4.80. The van der Waals surface area contributed by atoms with Gasteiger partial charge in [-0.2, -0.15) is 5.10 Å². The van der Waals surface area contributed by atoms with E-state index in [0.717, 1.165) is 22.5 Å². The Labute approximate surface area is 208 Å². The normalized spacial score (nSPS) is 14.8. The van der Waals surface area contributed by atoms with Crippen LogP contribution < -0.4 is 10.3 Å². The molecule has 0 spiro atoms. The van der Waals surface area contributed by atoms with Crippen molar-refractivity contribution in [1.29, 1.82) is 0 Å². The van der Waals surface area contributed by atoms with Gasteiger partial charge in [0.05, 0.1) is 35.7 Å². The molecule has 4 aromatic rings. The Balaban J connectivity index is 1.76. The maximum atomic E-state index is 13.5. The molecule has 2 aromatic heterocycles. The van der Waals surface area contributed by atoms with Crippen molar-refractivity contribution in [1.82, 2.24) is 19.7 Å². The Morgan fingerprint density at radius 2 is 1.66 bits per heavy atom. The van der Waals surface area contributed by atoms with Crippen molar-refractivity contribution in [2.24, 2.45) is 0 Å². The molecular formula is C25H25N4O4PS. The number of nitrogens with one attached hydrogen (secondary N) is 1. The van der Waals surface area contributed by atoms with Gasteiger partial charge in [0, 0.05) is 5.92 Å². The van der Waals surface area contributed by atoms with E-state index in [-0.39, 0.29) is 29.3 Å². The number of para-hydroxylation sites is 1. The van der Waals surface area contributed by atoms with Crippen LogP contribution >= 0.6 is 19.8 Å². The third kappa shape index (κ3) is 4.15. The maximum Gasteiger partial charge on any atom is 0.396 e. The molecule has 180 valence electrons. The Bertz CT molecular complexity index is 1460. The van der Waals surface area contributed by atoms with E-state index in [1.807, 2.05) is 67.6 Å². The number of hydrogen-bond acceptors (Lipinski definition) is 7. The summed E-state index contributed by atoms with van der Waals surface area (Å²) >= 11 is 5.74. The molecule has 1 atom stereocenters. The van der Waals surface area contributed by atoms with Crippen LogP contribution in [0.3, 0.4) is 0 Å². The lowest BCUT2D eigenvalue weighted by atomic mass is 9.85. The number of aromatic nitrogens is 4. The molecule has 0 saturated carbocycles. The highest BCUT2D eigenvalue weighted by Gasteiger charge is 2.39. The van der Waals surface area contributed by atoms with Gasteiger partial charge in [0.1, 0.15) is 4.64 Å². The third-order valence-corrected chi connectivity index (χ3v) is 7.98. The van der Waals surface area contributed by atoms with Gasteiger partial charge in [0.25, 0.3) is 0 Å². The SMILES string of the molecule is CCOP(=O)(OCC)c1nc(=S)c2c([nH]1)Oc1c(c(C)nn1-c1ccccc1)C2c1ccccc1. The number of nitrogens with zero attached hydrogens (tertiary/aromatic N) is 3. The van der Waals surface area contributed by atoms with Gasteiger partial charge in [-0.1, -0.05) is 60.7 Å². The molecule has 1 aliphatic heterocycles. The quantitative estimate of drug-likeness (QED) is 0.219. The molecule has 10 heteroatoms. The second kappa shape index (κ2) is 9.51. The average molecular weight is 509 g/mol. The highest BCUT2D eigenvalue weighted by Crippen LogP contribution is 2.51. The van der Waals surface area contributed by atoms with E-state index in [1.54, 1.807) is 18.5 Å². The van der Waals surface area contributed by atoms with Crippen molar-refractivity contribution in [2.45, 2.75) is 26.7 Å². The lowest BCUT2D eigenvalue weighted by Gasteiger charge is -2.27. The van der Waals surface area contributed by atoms with Crippen LogP contribution in [0.15, 0.2) is 60.7 Å². The van der Waals surface area contributed by atoms with Crippen molar-refractivity contribution in [2.75, 3.05) is 13.2 Å². The van der Waals surface area contributed by atoms with Crippen LogP contribution in [0, 0.1) is 11.6 Å². The predicted octanol–water partition coefficient (Wildman–Crippen LogP) is 5.81. The Hall–Kier alpha value is -3.10. The zero-order valence-corrected chi connectivity index (χ0v) is 21.3. The number of benzene rings is 2. The van der Waals surface area contributed by atoms with E-state index in [0.29, 0.717) is 17.3 Å². The highest BCUT2D eigenvalue weighted by molar-refractivity contribution is 7.71. The first-order valence-electron chi connectivity index (χ1n) is 11.4. The molecule has 0 saturated heterocycles. The first-order valence-corrected chi connectivity index (χ1v) is 13.3. The molecular weight excluding hydrogens is 483 g/mol. The van der Waals surface area contributed by atoms with Gasteiger partial charge in [0.2, 0.25) is 17.3 Å². The Kier molecular flexibility index (Phi) is 6.42. The van der Waals surface area contributed by atoms with Gasteiger partial charge >= 0.3 is 7.60 Å². The average Bonchev–Trinajstić information content (AvgIpc) is 3.20. The summed E-state index contributed by atoms with van der Waals surface area (Å²) in [5.41, 5.74) is 4.28. The molecule has 0 fully saturated rings. The van der Waals surface area contributed by atoms with Crippen molar-refractivity contribution < 1.29 is 18.3 Å². The molecule has 1 unspecified atom stereocenters. The van der Waals surface area contributed by atoms with Crippen LogP contribution in [0.1, 0.15) is 42.1 Å². The fourth-order valence-corrected chi connectivity index (χ4v) is 6.16. The van der Waals surface area contributed by atoms with Crippen molar-refractivity contribution in [3.8, 4) is 17.4 Å². The van der Waals surface area contributed by atoms with E-state index >= 15 is 0 Å². The first-order chi connectivity index (χ1) is 17.0. The topological polar surface area (TPSA) is 91.3 Å². The number of H-pyrrole nitrogens is 1. The zero-order valence-electron chi connectivity index (χ0n) is 19.6. The second-order valence-electron chi connectivity index (χ2n) is 7.94. The molecule has 1 aliphatic rings. The summed E-state index contributed by atoms with van der Waals surface area (Å²) in [5.74, 6) is 0.620. The largest absolute Gasteiger partial charge is 0.422 e. The molecule has 0 aliphatic carbocycles. The van der Waals surface area contributed by atoms with E-state index in [9.17, 15) is 4.57 Å². The van der Waals surface area contributed by atoms with Crippen molar-refractivity contribution in [3.63, 3.8) is 0 Å². The maximum absolute atomic E-state index is 13.5. The minimum Gasteiger partial charge on any atom is -0.422 e. The number of rotatable bonds is 7. The van der Waals surface area contributed by atoms with Crippen molar-refractivity contribution >= 4 is 25.4 Å². The number of hydrogen-bond donors (Lipinski definition) is 1. The number of ether oxygens (including phenoxy) is 1. The van der Waals surface area contributed by atoms with E-state index in [4.69, 9.17) is 31.1 Å². The lowest BCUT2D eigenvalue weighted by Crippen LogP contribution is -2.24. The summed E-state index contributed by atoms with van der Waals surface area (Å²) < 4.78 is 32.9. The van der Waals surface area contributed by atoms with Crippen LogP contribution in [0.2, 0.25) is 0 Å². The zero-order chi connectivity index (χ0) is 24.6. The van der Waals surface area contributed by atoms with Gasteiger partial charge in [0.15, 0.2) is 0 Å². The third-order valence-electron chi connectivity index (χ3n) is 5.74. The molecule has 0 bridgehead atoms. The number of fused-ring (bicyclic) bond motifs is 2. The van der Waals surface area contributed by atoms with E-state index in [1.165, 1.54) is 0 Å². The fraction of sp³-hybridized carbons (Fsp3) is 0.240. The minimum absolute atomic E-state index is 0.0164. The van der Waals surface area contributed by atoms with Crippen LogP contribution in [-0.2, 0) is 13.6 Å². The van der Waals surface area contributed by atoms with Gasteiger partial charge in [-0.05, 0) is 38.5 Å². The van der Waals surface area contributed by atoms with Crippen LogP contribution in [-0.4, -0.2) is 33.0 Å². The molecule has 3 heterocycles. The summed E-state index contributed by atoms with van der Waals surface area (Å²) in [6.07, 6.45) is 0. The van der Waals surface area contributed by atoms with Crippen LogP contribution in [0.5, 0.6) is 11.8 Å². The summed E-state index contributed by atoms with van der Waals surface area (Å²) in [4.78, 5) is 7.57. The molecule has 0 amide bonds. The van der Waals surface area contributed by atoms with Crippen LogP contribution in [0.25, 0.3) is 5.69 Å². The summed E-state index contributed by atoms with van der Waals surface area (Å²) in [6.45, 7) is 5.82. The van der Waals surface area contributed by atoms with Crippen LogP contribution in [0.4, 0.5) is 0 Å². The molecule has 2 aromatic carbocycles. The van der Waals surface area contributed by atoms with Gasteiger partial charge in [-0.15, -0.1) is 0 Å². The van der Waals surface area contributed by atoms with Gasteiger partial charge in [-0.3, -0.25) is 4.57 Å². The predicted molar refractivity (Wildman–Crippen MR) is 136 cm³/mol. The van der Waals surface area contributed by atoms with E-state index < -0.39 is 7.60 Å². The van der Waals surface area contributed by atoms with Crippen molar-refractivity contribution in [3.05, 3.63) is 87.7 Å². The Morgan fingerprint density at radius 3 is 2.29 bits per heavy atom. The smallest absolute Gasteiger partial charge is 0.396 e. The van der Waals surface area contributed by atoms with E-state index in [2.05, 4.69) is 9.97 Å². The summed E-state index contributed by atoms with van der Waals surface area (Å²) in [6, 6.07) is 19.8. The first kappa shape index (κ1) is 23.6. The lowest BCUT2D eigenvalue weighted by molar-refractivity contribution is 0.228. The molecule has 5 rings (SSSR count). The van der Waals surface area contributed by atoms with Gasteiger partial charge < -0.3 is 18.8 Å². The monoisotopic (exact) mass is 508 g/mol. The molecule has 1 N–H and O–H groups in total. The molecule has 0 radical (unpaired) electrons.